The fraction of sp³-hybridized carbons (Fsp3) is 0. The Morgan fingerprint density at radius 3 is 2.68 bits per heavy atom. The minimum atomic E-state index is -0.336. The average molecular weight is 361 g/mol. The molecule has 0 radical (unpaired) electrons. The van der Waals surface area contributed by atoms with Crippen LogP contribution in [0.5, 0.6) is 0 Å². The molecule has 1 aromatic heterocycles. The topological polar surface area (TPSA) is 68.0 Å². The highest BCUT2D eigenvalue weighted by molar-refractivity contribution is 9.10. The first-order valence-electron chi connectivity index (χ1n) is 5.15. The van der Waals surface area contributed by atoms with E-state index in [-0.39, 0.29) is 16.7 Å². The highest BCUT2D eigenvalue weighted by Gasteiger charge is 2.10. The van der Waals surface area contributed by atoms with E-state index in [0.29, 0.717) is 20.7 Å². The summed E-state index contributed by atoms with van der Waals surface area (Å²) in [5.41, 5.74) is 6.41. The lowest BCUT2D eigenvalue weighted by molar-refractivity contribution is 0.102. The third-order valence-corrected chi connectivity index (χ3v) is 3.51. The van der Waals surface area contributed by atoms with Gasteiger partial charge in [-0.25, -0.2) is 4.98 Å². The van der Waals surface area contributed by atoms with E-state index in [0.717, 1.165) is 0 Å². The van der Waals surface area contributed by atoms with Gasteiger partial charge in [0, 0.05) is 15.7 Å². The van der Waals surface area contributed by atoms with E-state index in [1.54, 1.807) is 18.2 Å². The zero-order chi connectivity index (χ0) is 14.0. The van der Waals surface area contributed by atoms with Gasteiger partial charge in [0.2, 0.25) is 0 Å². The molecular formula is C12H8BrCl2N3O. The highest BCUT2D eigenvalue weighted by atomic mass is 79.9. The molecule has 1 amide bonds. The largest absolute Gasteiger partial charge is 0.382 e. The lowest BCUT2D eigenvalue weighted by Gasteiger charge is -2.08. The molecule has 0 aliphatic carbocycles. The number of pyridine rings is 1. The molecule has 0 saturated carbocycles. The Morgan fingerprint density at radius 2 is 2.05 bits per heavy atom. The van der Waals surface area contributed by atoms with Gasteiger partial charge in [-0.05, 0) is 40.2 Å². The predicted octanol–water partition coefficient (Wildman–Crippen LogP) is 3.99. The number of carbonyl (C=O) groups is 1. The number of nitrogens with zero attached hydrogens (tertiary/aromatic N) is 1. The van der Waals surface area contributed by atoms with Crippen LogP contribution in [0.2, 0.25) is 10.0 Å². The molecule has 0 atom stereocenters. The van der Waals surface area contributed by atoms with E-state index < -0.39 is 0 Å². The van der Waals surface area contributed by atoms with E-state index in [1.807, 2.05) is 0 Å². The summed E-state index contributed by atoms with van der Waals surface area (Å²) in [6.07, 6.45) is 1.36. The smallest absolute Gasteiger partial charge is 0.257 e. The molecule has 0 spiro atoms. The van der Waals surface area contributed by atoms with E-state index in [9.17, 15) is 4.79 Å². The van der Waals surface area contributed by atoms with Crippen molar-refractivity contribution in [3.8, 4) is 0 Å². The number of nitrogen functional groups attached to an aromatic ring is 1. The second kappa shape index (κ2) is 5.77. The molecule has 0 aliphatic heterocycles. The van der Waals surface area contributed by atoms with Crippen LogP contribution in [0.4, 0.5) is 11.5 Å². The van der Waals surface area contributed by atoms with Crippen LogP contribution in [0.1, 0.15) is 10.4 Å². The zero-order valence-corrected chi connectivity index (χ0v) is 12.6. The van der Waals surface area contributed by atoms with Gasteiger partial charge in [0.25, 0.3) is 5.91 Å². The summed E-state index contributed by atoms with van der Waals surface area (Å²) in [6.45, 7) is 0. The van der Waals surface area contributed by atoms with Crippen molar-refractivity contribution >= 4 is 56.5 Å². The molecule has 2 aromatic rings. The monoisotopic (exact) mass is 359 g/mol. The molecule has 2 rings (SSSR count). The Kier molecular flexibility index (Phi) is 4.29. The van der Waals surface area contributed by atoms with Crippen LogP contribution in [-0.4, -0.2) is 10.9 Å². The van der Waals surface area contributed by atoms with Crippen molar-refractivity contribution in [1.82, 2.24) is 4.98 Å². The van der Waals surface area contributed by atoms with Crippen LogP contribution < -0.4 is 11.1 Å². The van der Waals surface area contributed by atoms with Crippen molar-refractivity contribution in [3.63, 3.8) is 0 Å². The number of hydrogen-bond donors (Lipinski definition) is 2. The molecule has 4 nitrogen and oxygen atoms in total. The van der Waals surface area contributed by atoms with Crippen LogP contribution in [0.3, 0.4) is 0 Å². The van der Waals surface area contributed by atoms with Gasteiger partial charge in [-0.2, -0.15) is 0 Å². The number of hydrogen-bond acceptors (Lipinski definition) is 3. The van der Waals surface area contributed by atoms with Crippen molar-refractivity contribution in [3.05, 3.63) is 50.5 Å². The number of amides is 1. The Bertz CT molecular complexity index is 649. The van der Waals surface area contributed by atoms with Gasteiger partial charge in [0.15, 0.2) is 0 Å². The summed E-state index contributed by atoms with van der Waals surface area (Å²) in [5, 5.41) is 3.53. The lowest BCUT2D eigenvalue weighted by atomic mass is 10.2. The van der Waals surface area contributed by atoms with E-state index in [1.165, 1.54) is 12.3 Å². The molecule has 0 unspecified atom stereocenters. The van der Waals surface area contributed by atoms with Gasteiger partial charge in [-0.1, -0.05) is 23.2 Å². The number of nitrogens with one attached hydrogen (secondary N) is 1. The summed E-state index contributed by atoms with van der Waals surface area (Å²) in [4.78, 5) is 15.8. The molecule has 0 saturated heterocycles. The fourth-order valence-corrected chi connectivity index (χ4v) is 2.31. The molecule has 0 bridgehead atoms. The highest BCUT2D eigenvalue weighted by Crippen LogP contribution is 2.26. The Morgan fingerprint density at radius 1 is 1.32 bits per heavy atom. The SMILES string of the molecule is Nc1ncc(C(=O)Nc2ccc(Cl)cc2Br)cc1Cl. The van der Waals surface area contributed by atoms with Crippen molar-refractivity contribution in [1.29, 1.82) is 0 Å². The number of nitrogens with two attached hydrogens (primary N) is 1. The number of aromatic nitrogens is 1. The van der Waals surface area contributed by atoms with Gasteiger partial charge in [0.05, 0.1) is 16.3 Å². The summed E-state index contributed by atoms with van der Waals surface area (Å²) >= 11 is 15.0. The first kappa shape index (κ1) is 14.1. The minimum absolute atomic E-state index is 0.186. The second-order valence-electron chi connectivity index (χ2n) is 3.67. The maximum atomic E-state index is 12.0. The van der Waals surface area contributed by atoms with Crippen LogP contribution in [-0.2, 0) is 0 Å². The number of benzene rings is 1. The number of carbonyl (C=O) groups excluding carboxylic acids is 1. The first-order chi connectivity index (χ1) is 8.97. The molecule has 3 N–H and O–H groups in total. The molecule has 7 heteroatoms. The molecule has 98 valence electrons. The van der Waals surface area contributed by atoms with E-state index in [4.69, 9.17) is 28.9 Å². The number of halogens is 3. The number of anilines is 2. The van der Waals surface area contributed by atoms with Gasteiger partial charge in [-0.3, -0.25) is 4.79 Å². The molecular weight excluding hydrogens is 353 g/mol. The Balaban J connectivity index is 2.23. The second-order valence-corrected chi connectivity index (χ2v) is 5.37. The normalized spacial score (nSPS) is 10.3. The van der Waals surface area contributed by atoms with Crippen LogP contribution >= 0.6 is 39.1 Å². The summed E-state index contributed by atoms with van der Waals surface area (Å²) in [5.74, 6) is -0.150. The van der Waals surface area contributed by atoms with Gasteiger partial charge >= 0.3 is 0 Å². The summed E-state index contributed by atoms with van der Waals surface area (Å²) in [6, 6.07) is 6.52. The first-order valence-corrected chi connectivity index (χ1v) is 6.69. The third kappa shape index (κ3) is 3.37. The van der Waals surface area contributed by atoms with Crippen LogP contribution in [0.15, 0.2) is 34.9 Å². The van der Waals surface area contributed by atoms with Crippen molar-refractivity contribution < 1.29 is 4.79 Å². The lowest BCUT2D eigenvalue weighted by Crippen LogP contribution is -2.13. The van der Waals surface area contributed by atoms with Crippen molar-refractivity contribution in [2.24, 2.45) is 0 Å². The number of rotatable bonds is 2. The Labute approximate surface area is 128 Å². The maximum Gasteiger partial charge on any atom is 0.257 e. The van der Waals surface area contributed by atoms with Gasteiger partial charge in [-0.15, -0.1) is 0 Å². The predicted molar refractivity (Wildman–Crippen MR) is 80.8 cm³/mol. The van der Waals surface area contributed by atoms with E-state index >= 15 is 0 Å². The average Bonchev–Trinajstić information content (AvgIpc) is 2.36. The molecule has 1 aromatic carbocycles. The van der Waals surface area contributed by atoms with Gasteiger partial charge in [0.1, 0.15) is 5.82 Å². The molecule has 1 heterocycles. The quantitative estimate of drug-likeness (QED) is 0.850. The van der Waals surface area contributed by atoms with Crippen molar-refractivity contribution in [2.45, 2.75) is 0 Å². The molecule has 0 aliphatic rings. The van der Waals surface area contributed by atoms with Crippen molar-refractivity contribution in [2.75, 3.05) is 11.1 Å². The maximum absolute atomic E-state index is 12.0. The third-order valence-electron chi connectivity index (χ3n) is 2.31. The van der Waals surface area contributed by atoms with Crippen LogP contribution in [0, 0.1) is 0 Å². The zero-order valence-electron chi connectivity index (χ0n) is 9.45. The summed E-state index contributed by atoms with van der Waals surface area (Å²) < 4.78 is 0.683. The van der Waals surface area contributed by atoms with Gasteiger partial charge < -0.3 is 11.1 Å². The Hall–Kier alpha value is -1.30. The van der Waals surface area contributed by atoms with Crippen LogP contribution in [0.25, 0.3) is 0 Å². The standard InChI is InChI=1S/C12H8BrCl2N3O/c13-8-4-7(14)1-2-10(8)18-12(19)6-3-9(15)11(16)17-5-6/h1-5H,(H2,16,17)(H,18,19). The fourth-order valence-electron chi connectivity index (χ4n) is 1.36. The summed E-state index contributed by atoms with van der Waals surface area (Å²) in [7, 11) is 0. The molecule has 19 heavy (non-hydrogen) atoms. The van der Waals surface area contributed by atoms with E-state index in [2.05, 4.69) is 26.2 Å². The molecule has 0 fully saturated rings. The minimum Gasteiger partial charge on any atom is -0.382 e.